The Hall–Kier alpha value is -2.21. The van der Waals surface area contributed by atoms with E-state index in [0.717, 1.165) is 5.82 Å². The number of anilines is 1. The minimum Gasteiger partial charge on any atom is -0.369 e. The molecule has 2 N–H and O–H groups in total. The molecule has 0 amide bonds. The molecule has 2 aromatic rings. The fourth-order valence-corrected chi connectivity index (χ4v) is 3.16. The molecule has 0 aliphatic carbocycles. The van der Waals surface area contributed by atoms with Crippen LogP contribution in [0.2, 0.25) is 0 Å². The van der Waals surface area contributed by atoms with Crippen molar-refractivity contribution in [1.82, 2.24) is 24.2 Å². The molecular formula is C14H19F3N6O2S. The zero-order chi connectivity index (χ0) is 19.4. The van der Waals surface area contributed by atoms with Crippen LogP contribution in [0.15, 0.2) is 18.5 Å². The summed E-state index contributed by atoms with van der Waals surface area (Å²) in [5.74, 6) is 1.32. The molecule has 0 spiro atoms. The fourth-order valence-electron chi connectivity index (χ4n) is 2.11. The molecule has 2 aromatic heterocycles. The molecule has 0 saturated heterocycles. The number of alkyl halides is 3. The quantitative estimate of drug-likeness (QED) is 0.661. The summed E-state index contributed by atoms with van der Waals surface area (Å²) in [4.78, 5) is 12.6. The molecule has 0 aliphatic heterocycles. The van der Waals surface area contributed by atoms with Crippen LogP contribution >= 0.6 is 0 Å². The predicted molar refractivity (Wildman–Crippen MR) is 89.6 cm³/mol. The molecule has 144 valence electrons. The molecule has 0 fully saturated rings. The largest absolute Gasteiger partial charge is 0.390 e. The molecule has 2 rings (SSSR count). The second kappa shape index (κ2) is 7.99. The van der Waals surface area contributed by atoms with Crippen LogP contribution in [0.1, 0.15) is 18.1 Å². The van der Waals surface area contributed by atoms with E-state index in [1.807, 2.05) is 6.92 Å². The van der Waals surface area contributed by atoms with Gasteiger partial charge in [-0.15, -0.1) is 0 Å². The van der Waals surface area contributed by atoms with E-state index >= 15 is 0 Å². The van der Waals surface area contributed by atoms with Crippen LogP contribution < -0.4 is 10.0 Å². The van der Waals surface area contributed by atoms with Gasteiger partial charge in [-0.3, -0.25) is 4.57 Å². The molecule has 0 aliphatic rings. The lowest BCUT2D eigenvalue weighted by molar-refractivity contribution is -0.129. The van der Waals surface area contributed by atoms with Gasteiger partial charge in [0.25, 0.3) is 0 Å². The summed E-state index contributed by atoms with van der Waals surface area (Å²) in [6.07, 6.45) is -2.51. The van der Waals surface area contributed by atoms with Gasteiger partial charge < -0.3 is 5.32 Å². The molecule has 0 radical (unpaired) electrons. The van der Waals surface area contributed by atoms with Crippen molar-refractivity contribution in [3.8, 4) is 5.82 Å². The van der Waals surface area contributed by atoms with Gasteiger partial charge in [-0.25, -0.2) is 28.1 Å². The van der Waals surface area contributed by atoms with E-state index in [4.69, 9.17) is 0 Å². The summed E-state index contributed by atoms with van der Waals surface area (Å²) >= 11 is 0. The Kier molecular flexibility index (Phi) is 6.18. The number of sulfonamides is 1. The Bertz CT molecular complexity index is 851. The molecule has 2 heterocycles. The molecule has 0 saturated carbocycles. The van der Waals surface area contributed by atoms with Gasteiger partial charge in [-0.05, 0) is 13.8 Å². The van der Waals surface area contributed by atoms with Gasteiger partial charge in [0.2, 0.25) is 10.0 Å². The third kappa shape index (κ3) is 6.26. The number of hydrogen-bond acceptors (Lipinski definition) is 6. The van der Waals surface area contributed by atoms with E-state index in [1.165, 1.54) is 0 Å². The van der Waals surface area contributed by atoms with Crippen LogP contribution in [0, 0.1) is 13.8 Å². The van der Waals surface area contributed by atoms with Crippen molar-refractivity contribution in [2.75, 3.05) is 24.2 Å². The lowest BCUT2D eigenvalue weighted by Crippen LogP contribution is -2.32. The molecule has 8 nitrogen and oxygen atoms in total. The van der Waals surface area contributed by atoms with Crippen molar-refractivity contribution in [1.29, 1.82) is 0 Å². The van der Waals surface area contributed by atoms with E-state index in [1.54, 1.807) is 30.0 Å². The molecule has 0 bridgehead atoms. The zero-order valence-electron chi connectivity index (χ0n) is 14.2. The van der Waals surface area contributed by atoms with Crippen LogP contribution in [0.5, 0.6) is 0 Å². The molecule has 26 heavy (non-hydrogen) atoms. The summed E-state index contributed by atoms with van der Waals surface area (Å²) in [5.41, 5.74) is 0. The Morgan fingerprint density at radius 3 is 2.54 bits per heavy atom. The highest BCUT2D eigenvalue weighted by Crippen LogP contribution is 2.19. The molecule has 12 heteroatoms. The number of aromatic nitrogens is 4. The number of hydrogen-bond donors (Lipinski definition) is 2. The van der Waals surface area contributed by atoms with Crippen LogP contribution in [0.4, 0.5) is 19.0 Å². The maximum Gasteiger partial charge on any atom is 0.390 e. The Balaban J connectivity index is 1.90. The first-order valence-electron chi connectivity index (χ1n) is 7.70. The van der Waals surface area contributed by atoms with E-state index in [0.29, 0.717) is 17.5 Å². The summed E-state index contributed by atoms with van der Waals surface area (Å²) in [6.45, 7) is 3.62. The molecule has 0 aromatic carbocycles. The topological polar surface area (TPSA) is 102 Å². The van der Waals surface area contributed by atoms with Crippen LogP contribution in [0.25, 0.3) is 5.82 Å². The van der Waals surface area contributed by atoms with Crippen LogP contribution in [0.3, 0.4) is 0 Å². The predicted octanol–water partition coefficient (Wildman–Crippen LogP) is 1.56. The van der Waals surface area contributed by atoms with Gasteiger partial charge in [-0.1, -0.05) is 0 Å². The Labute approximate surface area is 148 Å². The standard InChI is InChI=1S/C14H19F3N6O2S/c1-10-21-12(9-13(22-10)23-7-6-18-11(23)2)19-4-5-20-26(24,25)8-3-14(15,16)17/h6-7,9,20H,3-5,8H2,1-2H3,(H,19,21,22). The highest BCUT2D eigenvalue weighted by Gasteiger charge is 2.29. The summed E-state index contributed by atoms with van der Waals surface area (Å²) in [7, 11) is -3.98. The van der Waals surface area contributed by atoms with Crippen LogP contribution in [-0.2, 0) is 10.0 Å². The number of halogens is 3. The first-order chi connectivity index (χ1) is 12.1. The SMILES string of the molecule is Cc1nc(NCCNS(=O)(=O)CCC(F)(F)F)cc(-n2ccnc2C)n1. The van der Waals surface area contributed by atoms with E-state index in [9.17, 15) is 21.6 Å². The lowest BCUT2D eigenvalue weighted by Gasteiger charge is -2.11. The van der Waals surface area contributed by atoms with Gasteiger partial charge in [0.1, 0.15) is 23.3 Å². The molecular weight excluding hydrogens is 373 g/mol. The van der Waals surface area contributed by atoms with E-state index in [2.05, 4.69) is 25.0 Å². The first-order valence-corrected chi connectivity index (χ1v) is 9.35. The minimum absolute atomic E-state index is 0.0668. The van der Waals surface area contributed by atoms with Gasteiger partial charge in [0, 0.05) is 31.5 Å². The van der Waals surface area contributed by atoms with E-state index in [-0.39, 0.29) is 13.1 Å². The summed E-state index contributed by atoms with van der Waals surface area (Å²) in [6, 6.07) is 1.67. The summed E-state index contributed by atoms with van der Waals surface area (Å²) < 4.78 is 63.2. The molecule has 0 atom stereocenters. The average molecular weight is 392 g/mol. The van der Waals surface area contributed by atoms with Crippen molar-refractivity contribution in [3.63, 3.8) is 0 Å². The van der Waals surface area contributed by atoms with Crippen LogP contribution in [-0.4, -0.2) is 53.0 Å². The monoisotopic (exact) mass is 392 g/mol. The van der Waals surface area contributed by atoms with Gasteiger partial charge in [-0.2, -0.15) is 13.2 Å². The number of nitrogens with zero attached hydrogens (tertiary/aromatic N) is 4. The third-order valence-corrected chi connectivity index (χ3v) is 4.69. The molecule has 0 unspecified atom stereocenters. The number of aryl methyl sites for hydroxylation is 2. The maximum absolute atomic E-state index is 12.1. The smallest absolute Gasteiger partial charge is 0.369 e. The Morgan fingerprint density at radius 2 is 1.92 bits per heavy atom. The number of nitrogens with one attached hydrogen (secondary N) is 2. The fraction of sp³-hybridized carbons (Fsp3) is 0.500. The van der Waals surface area contributed by atoms with Gasteiger partial charge >= 0.3 is 6.18 Å². The van der Waals surface area contributed by atoms with Crippen molar-refractivity contribution in [2.24, 2.45) is 0 Å². The second-order valence-electron chi connectivity index (χ2n) is 5.51. The summed E-state index contributed by atoms with van der Waals surface area (Å²) in [5, 5.41) is 2.92. The third-order valence-electron chi connectivity index (χ3n) is 3.30. The normalized spacial score (nSPS) is 12.3. The van der Waals surface area contributed by atoms with Crippen molar-refractivity contribution >= 4 is 15.8 Å². The lowest BCUT2D eigenvalue weighted by atomic mass is 10.4. The number of rotatable bonds is 8. The highest BCUT2D eigenvalue weighted by atomic mass is 32.2. The van der Waals surface area contributed by atoms with Gasteiger partial charge in [0.15, 0.2) is 0 Å². The number of imidazole rings is 1. The first kappa shape index (κ1) is 20.1. The van der Waals surface area contributed by atoms with Gasteiger partial charge in [0.05, 0.1) is 12.2 Å². The van der Waals surface area contributed by atoms with E-state index < -0.39 is 28.4 Å². The maximum atomic E-state index is 12.1. The Morgan fingerprint density at radius 1 is 1.19 bits per heavy atom. The van der Waals surface area contributed by atoms with Crippen molar-refractivity contribution in [3.05, 3.63) is 30.1 Å². The zero-order valence-corrected chi connectivity index (χ0v) is 15.0. The highest BCUT2D eigenvalue weighted by molar-refractivity contribution is 7.89. The van der Waals surface area contributed by atoms with Crippen molar-refractivity contribution < 1.29 is 21.6 Å². The van der Waals surface area contributed by atoms with Crippen molar-refractivity contribution in [2.45, 2.75) is 26.4 Å². The second-order valence-corrected chi connectivity index (χ2v) is 7.43. The minimum atomic E-state index is -4.51. The average Bonchev–Trinajstić information content (AvgIpc) is 2.95.